The minimum absolute atomic E-state index is 0.645. The Labute approximate surface area is 818 Å². The van der Waals surface area contributed by atoms with Gasteiger partial charge in [-0.25, -0.2) is 44.9 Å². The van der Waals surface area contributed by atoms with Gasteiger partial charge in [-0.2, -0.15) is 0 Å². The lowest BCUT2D eigenvalue weighted by Gasteiger charge is -2.15. The molecule has 9 heteroatoms. The Morgan fingerprint density at radius 1 is 0.0915 bits per heavy atom. The fourth-order valence-electron chi connectivity index (χ4n) is 20.7. The van der Waals surface area contributed by atoms with Gasteiger partial charge in [0, 0.05) is 66.2 Å². The van der Waals surface area contributed by atoms with E-state index in [0.29, 0.717) is 52.4 Å². The van der Waals surface area contributed by atoms with Crippen molar-refractivity contribution < 1.29 is 0 Å². The number of hydrogen-bond donors (Lipinski definition) is 0. The highest BCUT2D eigenvalue weighted by atomic mass is 15.1. The van der Waals surface area contributed by atoms with Crippen LogP contribution in [0, 0.1) is 0 Å². The lowest BCUT2D eigenvalue weighted by atomic mass is 9.91. The summed E-state index contributed by atoms with van der Waals surface area (Å²) in [7, 11) is 0. The Bertz CT molecular complexity index is 9700. The van der Waals surface area contributed by atoms with Crippen molar-refractivity contribution in [2.45, 2.75) is 0 Å². The van der Waals surface area contributed by atoms with E-state index >= 15 is 0 Å². The number of fused-ring (bicyclic) bond motifs is 19. The van der Waals surface area contributed by atoms with E-state index in [1.54, 1.807) is 0 Å². The first-order valence-corrected chi connectivity index (χ1v) is 48.0. The second kappa shape index (κ2) is 35.9. The third-order valence-corrected chi connectivity index (χ3v) is 27.7. The number of benzene rings is 25. The molecule has 0 aliphatic carbocycles. The highest BCUT2D eigenvalue weighted by Crippen LogP contribution is 2.46. The molecule has 0 N–H and O–H groups in total. The average molecular weight is 1810 g/mol. The molecule has 0 aliphatic rings. The smallest absolute Gasteiger partial charge is 0.164 e. The Kier molecular flexibility index (Phi) is 21.1. The van der Waals surface area contributed by atoms with E-state index in [9.17, 15) is 0 Å². The van der Waals surface area contributed by atoms with E-state index in [-0.39, 0.29) is 0 Å². The van der Waals surface area contributed by atoms with Gasteiger partial charge in [0.1, 0.15) is 0 Å². The molecule has 0 bridgehead atoms. The maximum Gasteiger partial charge on any atom is 0.164 e. The highest BCUT2D eigenvalue weighted by Gasteiger charge is 2.24. The molecule has 0 spiro atoms. The molecule has 3 aromatic heterocycles. The molecule has 0 fully saturated rings. The van der Waals surface area contributed by atoms with Crippen LogP contribution in [-0.4, -0.2) is 44.9 Å². The monoisotopic (exact) mass is 1810 g/mol. The van der Waals surface area contributed by atoms with Gasteiger partial charge in [0.2, 0.25) is 0 Å². The molecular weight excluding hydrogens is 1720 g/mol. The number of rotatable bonds is 12. The Balaban J connectivity index is 0.000000110. The summed E-state index contributed by atoms with van der Waals surface area (Å²) in [4.78, 5) is 46.0. The third kappa shape index (κ3) is 15.6. The normalized spacial score (nSPS) is 11.5. The fraction of sp³-hybridized carbons (Fsp3) is 0. The van der Waals surface area contributed by atoms with E-state index in [1.165, 1.54) is 103 Å². The Morgan fingerprint density at radius 3 is 0.754 bits per heavy atom. The van der Waals surface area contributed by atoms with Gasteiger partial charge in [0.15, 0.2) is 52.4 Å². The summed E-state index contributed by atoms with van der Waals surface area (Å²) in [5.74, 6) is 5.88. The molecule has 0 unspecified atom stereocenters. The van der Waals surface area contributed by atoms with Crippen LogP contribution in [-0.2, 0) is 0 Å². The maximum atomic E-state index is 5.25. The van der Waals surface area contributed by atoms with Crippen molar-refractivity contribution in [2.24, 2.45) is 0 Å². The summed E-state index contributed by atoms with van der Waals surface area (Å²) in [5, 5.41) is 31.3. The molecule has 0 saturated carbocycles. The zero-order valence-electron chi connectivity index (χ0n) is 76.9. The van der Waals surface area contributed by atoms with Crippen molar-refractivity contribution in [3.63, 3.8) is 0 Å². The molecule has 0 amide bonds. The molecule has 0 saturated heterocycles. The summed E-state index contributed by atoms with van der Waals surface area (Å²) in [5.41, 5.74) is 15.6. The van der Waals surface area contributed by atoms with Crippen molar-refractivity contribution in [3.8, 4) is 136 Å². The lowest BCUT2D eigenvalue weighted by Crippen LogP contribution is -2.01. The van der Waals surface area contributed by atoms with Crippen molar-refractivity contribution in [1.29, 1.82) is 0 Å². The fourth-order valence-corrected chi connectivity index (χ4v) is 20.7. The molecule has 0 aliphatic heterocycles. The number of aromatic nitrogens is 9. The number of hydrogen-bond acceptors (Lipinski definition) is 9. The molecule has 660 valence electrons. The van der Waals surface area contributed by atoms with Crippen molar-refractivity contribution in [1.82, 2.24) is 44.9 Å². The average Bonchev–Trinajstić information content (AvgIpc) is 0.741. The van der Waals surface area contributed by atoms with Crippen molar-refractivity contribution >= 4 is 140 Å². The zero-order chi connectivity index (χ0) is 93.9. The first-order valence-electron chi connectivity index (χ1n) is 48.0. The first kappa shape index (κ1) is 83.5. The topological polar surface area (TPSA) is 116 Å². The zero-order valence-corrected chi connectivity index (χ0v) is 76.9. The Hall–Kier alpha value is -19.1. The molecule has 0 atom stereocenters. The molecule has 3 heterocycles. The van der Waals surface area contributed by atoms with Crippen molar-refractivity contribution in [2.75, 3.05) is 0 Å². The van der Waals surface area contributed by atoms with Crippen LogP contribution in [0.2, 0.25) is 0 Å². The third-order valence-electron chi connectivity index (χ3n) is 27.7. The van der Waals surface area contributed by atoms with E-state index < -0.39 is 0 Å². The maximum absolute atomic E-state index is 5.25. The van der Waals surface area contributed by atoms with E-state index in [2.05, 4.69) is 419 Å². The molecular formula is C133H83N9. The van der Waals surface area contributed by atoms with Gasteiger partial charge in [-0.15, -0.1) is 0 Å². The van der Waals surface area contributed by atoms with Gasteiger partial charge < -0.3 is 0 Å². The quantitative estimate of drug-likeness (QED) is 0.110. The van der Waals surface area contributed by atoms with E-state index in [0.717, 1.165) is 121 Å². The molecule has 28 rings (SSSR count). The van der Waals surface area contributed by atoms with Crippen LogP contribution in [0.25, 0.3) is 276 Å². The van der Waals surface area contributed by atoms with Crippen molar-refractivity contribution in [3.05, 3.63) is 504 Å². The molecule has 142 heavy (non-hydrogen) atoms. The van der Waals surface area contributed by atoms with E-state index in [1.807, 2.05) is 84.9 Å². The SMILES string of the molecule is c1ccc(-c2ccc(-c3nc(-c4ccccc4)nc(-c4cc5ccccc5c5ccc6ccccc6c45)n3)cc2)cc1.c1ccc(-c2nc(-c3ccccc3)nc(-c3cccc4cccc(-c5ccc6ccc7c8ccccc8ccc7c6c5)c34)n2)cc1.c1ccc2cc(-c3nc(-c4ccc5ccccc5c4)nc(-c4cccc5cccc(-c6ccc7ccc8c9ccccc9ccc8c7c6)c45)n3)ccc2c1. The predicted molar refractivity (Wildman–Crippen MR) is 592 cm³/mol. The van der Waals surface area contributed by atoms with Crippen LogP contribution in [0.5, 0.6) is 0 Å². The van der Waals surface area contributed by atoms with Crippen LogP contribution >= 0.6 is 0 Å². The largest absolute Gasteiger partial charge is 0.208 e. The van der Waals surface area contributed by atoms with Crippen LogP contribution in [0.15, 0.2) is 504 Å². The second-order valence-corrected chi connectivity index (χ2v) is 36.1. The first-order chi connectivity index (χ1) is 70.3. The summed E-state index contributed by atoms with van der Waals surface area (Å²) in [6, 6.07) is 178. The minimum atomic E-state index is 0.645. The van der Waals surface area contributed by atoms with Gasteiger partial charge in [-0.1, -0.05) is 473 Å². The van der Waals surface area contributed by atoms with Crippen LogP contribution in [0.3, 0.4) is 0 Å². The Morgan fingerprint density at radius 2 is 0.338 bits per heavy atom. The van der Waals surface area contributed by atoms with Gasteiger partial charge in [-0.05, 0) is 188 Å². The molecule has 0 radical (unpaired) electrons. The summed E-state index contributed by atoms with van der Waals surface area (Å²) in [6.07, 6.45) is 0. The van der Waals surface area contributed by atoms with Gasteiger partial charge in [0.25, 0.3) is 0 Å². The standard InChI is InChI=1S/C51H31N3.C43H27N3.C39H25N3/c1-3-12-37-29-40(23-19-32(37)9-1)49-52-50(41-24-20-33-10-2-4-13-38(33)30-41)54-51(53-49)46-18-8-15-36-14-7-17-43(48(36)46)39-22-21-35-26-27-44-42-16-6-5-11-34(42)25-28-45(44)47(35)31-39;1-3-12-31(13-4-1)41-44-42(32-14-5-2-6-15-32)46-43(45-41)38-20-10-17-30-16-9-19-35(40(30)38)33-22-21-29-24-25-36-34-18-8-7-11-28(34)23-26-37(36)39(29)27-33;1-3-11-26(12-4-1)27-19-21-30(22-20-27)38-40-37(29-14-5-2-6-15-29)41-39(42-38)35-25-31-16-8-9-17-32(31)34-24-23-28-13-7-10-18-33(28)36(34)35/h1-31H;1-27H;1-25H. The van der Waals surface area contributed by atoms with Crippen LogP contribution in [0.1, 0.15) is 0 Å². The summed E-state index contributed by atoms with van der Waals surface area (Å²) in [6.45, 7) is 0. The van der Waals surface area contributed by atoms with Gasteiger partial charge in [0.05, 0.1) is 0 Å². The van der Waals surface area contributed by atoms with Gasteiger partial charge in [-0.3, -0.25) is 0 Å². The van der Waals surface area contributed by atoms with Crippen LogP contribution in [0.4, 0.5) is 0 Å². The van der Waals surface area contributed by atoms with E-state index in [4.69, 9.17) is 44.9 Å². The van der Waals surface area contributed by atoms with Gasteiger partial charge >= 0.3 is 0 Å². The molecule has 28 aromatic rings. The summed E-state index contributed by atoms with van der Waals surface area (Å²) < 4.78 is 0. The highest BCUT2D eigenvalue weighted by molar-refractivity contribution is 6.24. The second-order valence-electron chi connectivity index (χ2n) is 36.1. The molecule has 9 nitrogen and oxygen atoms in total. The van der Waals surface area contributed by atoms with Crippen LogP contribution < -0.4 is 0 Å². The molecule has 25 aromatic carbocycles. The lowest BCUT2D eigenvalue weighted by molar-refractivity contribution is 1.08. The number of nitrogens with zero attached hydrogens (tertiary/aromatic N) is 9. The predicted octanol–water partition coefficient (Wildman–Crippen LogP) is 34.6. The summed E-state index contributed by atoms with van der Waals surface area (Å²) >= 11 is 0. The minimum Gasteiger partial charge on any atom is -0.208 e.